The SMILES string of the molecule is Cc1cc2cc3c(cc2[nH]c1=O)CN(C(=O)c1cccc(F)c1)CC3. The van der Waals surface area contributed by atoms with Gasteiger partial charge in [-0.25, -0.2) is 4.39 Å². The molecule has 1 aromatic heterocycles. The molecule has 0 bridgehead atoms. The second-order valence-electron chi connectivity index (χ2n) is 6.48. The van der Waals surface area contributed by atoms with Crippen LogP contribution >= 0.6 is 0 Å². The third-order valence-electron chi connectivity index (χ3n) is 4.72. The summed E-state index contributed by atoms with van der Waals surface area (Å²) in [6, 6.07) is 11.7. The fraction of sp³-hybridized carbons (Fsp3) is 0.200. The normalized spacial score (nSPS) is 13.8. The van der Waals surface area contributed by atoms with Gasteiger partial charge in [0.25, 0.3) is 11.5 Å². The zero-order valence-corrected chi connectivity index (χ0v) is 13.8. The molecule has 1 aliphatic heterocycles. The lowest BCUT2D eigenvalue weighted by molar-refractivity contribution is 0.0734. The van der Waals surface area contributed by atoms with Crippen molar-refractivity contribution in [2.24, 2.45) is 0 Å². The number of carbonyl (C=O) groups is 1. The maximum Gasteiger partial charge on any atom is 0.254 e. The average molecular weight is 336 g/mol. The zero-order valence-electron chi connectivity index (χ0n) is 13.8. The molecule has 1 amide bonds. The number of nitrogens with one attached hydrogen (secondary N) is 1. The van der Waals surface area contributed by atoms with E-state index in [1.165, 1.54) is 17.7 Å². The molecule has 0 fully saturated rings. The zero-order chi connectivity index (χ0) is 17.6. The number of aromatic amines is 1. The summed E-state index contributed by atoms with van der Waals surface area (Å²) in [5.74, 6) is -0.593. The van der Waals surface area contributed by atoms with Crippen LogP contribution in [-0.4, -0.2) is 22.3 Å². The summed E-state index contributed by atoms with van der Waals surface area (Å²) in [5, 5.41) is 1.00. The number of rotatable bonds is 1. The van der Waals surface area contributed by atoms with Crippen molar-refractivity contribution < 1.29 is 9.18 Å². The van der Waals surface area contributed by atoms with E-state index in [0.29, 0.717) is 24.2 Å². The molecular weight excluding hydrogens is 319 g/mol. The van der Waals surface area contributed by atoms with E-state index in [1.807, 2.05) is 12.1 Å². The molecule has 0 saturated heterocycles. The van der Waals surface area contributed by atoms with Crippen LogP contribution in [0.5, 0.6) is 0 Å². The second kappa shape index (κ2) is 5.84. The van der Waals surface area contributed by atoms with Gasteiger partial charge < -0.3 is 9.88 Å². The molecule has 0 saturated carbocycles. The van der Waals surface area contributed by atoms with Crippen LogP contribution in [0.4, 0.5) is 4.39 Å². The molecule has 0 unspecified atom stereocenters. The van der Waals surface area contributed by atoms with Crippen LogP contribution in [0.15, 0.2) is 47.3 Å². The number of H-pyrrole nitrogens is 1. The average Bonchev–Trinajstić information content (AvgIpc) is 2.60. The van der Waals surface area contributed by atoms with Crippen LogP contribution in [0.3, 0.4) is 0 Å². The number of hydrogen-bond acceptors (Lipinski definition) is 2. The largest absolute Gasteiger partial charge is 0.334 e. The van der Waals surface area contributed by atoms with E-state index in [-0.39, 0.29) is 11.5 Å². The molecule has 0 spiro atoms. The molecule has 1 aliphatic rings. The standard InChI is InChI=1S/C20H17FN2O2/c1-12-7-15-8-13-5-6-23(11-16(13)10-18(15)22-19(12)24)20(25)14-3-2-4-17(21)9-14/h2-4,7-10H,5-6,11H2,1H3,(H,22,24). The first kappa shape index (κ1) is 15.6. The Hall–Kier alpha value is -2.95. The first-order chi connectivity index (χ1) is 12.0. The third-order valence-corrected chi connectivity index (χ3v) is 4.72. The summed E-state index contributed by atoms with van der Waals surface area (Å²) in [6.45, 7) is 2.84. The van der Waals surface area contributed by atoms with Crippen molar-refractivity contribution in [1.82, 2.24) is 9.88 Å². The number of aromatic nitrogens is 1. The number of aryl methyl sites for hydroxylation is 1. The second-order valence-corrected chi connectivity index (χ2v) is 6.48. The van der Waals surface area contributed by atoms with Gasteiger partial charge in [0.1, 0.15) is 5.82 Å². The summed E-state index contributed by atoms with van der Waals surface area (Å²) in [7, 11) is 0. The molecule has 4 rings (SSSR count). The Morgan fingerprint density at radius 2 is 2.00 bits per heavy atom. The molecule has 0 radical (unpaired) electrons. The molecule has 3 aromatic rings. The van der Waals surface area contributed by atoms with Gasteiger partial charge in [-0.3, -0.25) is 9.59 Å². The molecule has 2 heterocycles. The quantitative estimate of drug-likeness (QED) is 0.742. The van der Waals surface area contributed by atoms with Crippen molar-refractivity contribution in [3.05, 3.63) is 80.9 Å². The van der Waals surface area contributed by atoms with Gasteiger partial charge in [-0.2, -0.15) is 0 Å². The highest BCUT2D eigenvalue weighted by Crippen LogP contribution is 2.25. The molecule has 126 valence electrons. The van der Waals surface area contributed by atoms with Gasteiger partial charge in [0.15, 0.2) is 0 Å². The Kier molecular flexibility index (Phi) is 3.64. The summed E-state index contributed by atoms with van der Waals surface area (Å²) in [6.07, 6.45) is 0.741. The minimum absolute atomic E-state index is 0.101. The first-order valence-corrected chi connectivity index (χ1v) is 8.21. The van der Waals surface area contributed by atoms with Gasteiger partial charge in [0.05, 0.1) is 0 Å². The maximum absolute atomic E-state index is 13.4. The van der Waals surface area contributed by atoms with Gasteiger partial charge in [-0.1, -0.05) is 6.07 Å². The summed E-state index contributed by atoms with van der Waals surface area (Å²) < 4.78 is 13.4. The van der Waals surface area contributed by atoms with Gasteiger partial charge >= 0.3 is 0 Å². The molecular formula is C20H17FN2O2. The van der Waals surface area contributed by atoms with E-state index >= 15 is 0 Å². The number of amides is 1. The highest BCUT2D eigenvalue weighted by molar-refractivity contribution is 5.94. The highest BCUT2D eigenvalue weighted by Gasteiger charge is 2.22. The van der Waals surface area contributed by atoms with Crippen molar-refractivity contribution in [2.45, 2.75) is 19.9 Å². The Balaban J connectivity index is 1.68. The first-order valence-electron chi connectivity index (χ1n) is 8.21. The van der Waals surface area contributed by atoms with Crippen LogP contribution in [-0.2, 0) is 13.0 Å². The minimum atomic E-state index is -0.415. The van der Waals surface area contributed by atoms with Crippen molar-refractivity contribution >= 4 is 16.8 Å². The van der Waals surface area contributed by atoms with Gasteiger partial charge in [0, 0.05) is 29.7 Å². The molecule has 0 atom stereocenters. The van der Waals surface area contributed by atoms with Crippen molar-refractivity contribution in [3.63, 3.8) is 0 Å². The van der Waals surface area contributed by atoms with E-state index in [1.54, 1.807) is 24.0 Å². The number of benzene rings is 2. The van der Waals surface area contributed by atoms with Crippen LogP contribution in [0, 0.1) is 12.7 Å². The molecule has 4 nitrogen and oxygen atoms in total. The smallest absolute Gasteiger partial charge is 0.254 e. The predicted molar refractivity (Wildman–Crippen MR) is 94.2 cm³/mol. The predicted octanol–water partition coefficient (Wildman–Crippen LogP) is 3.17. The molecule has 0 aliphatic carbocycles. The number of pyridine rings is 1. The van der Waals surface area contributed by atoms with Crippen LogP contribution < -0.4 is 5.56 Å². The van der Waals surface area contributed by atoms with Crippen molar-refractivity contribution in [3.8, 4) is 0 Å². The van der Waals surface area contributed by atoms with Gasteiger partial charge in [0.2, 0.25) is 0 Å². The topological polar surface area (TPSA) is 53.2 Å². The Bertz CT molecular complexity index is 1060. The highest BCUT2D eigenvalue weighted by atomic mass is 19.1. The number of carbonyl (C=O) groups excluding carboxylic acids is 1. The fourth-order valence-electron chi connectivity index (χ4n) is 3.35. The van der Waals surface area contributed by atoms with Gasteiger partial charge in [-0.05, 0) is 66.3 Å². The molecule has 25 heavy (non-hydrogen) atoms. The van der Waals surface area contributed by atoms with E-state index in [2.05, 4.69) is 11.1 Å². The van der Waals surface area contributed by atoms with Crippen molar-refractivity contribution in [1.29, 1.82) is 0 Å². The number of hydrogen-bond donors (Lipinski definition) is 1. The summed E-state index contributed by atoms with van der Waals surface area (Å²) in [4.78, 5) is 29.1. The molecule has 1 N–H and O–H groups in total. The van der Waals surface area contributed by atoms with Crippen LogP contribution in [0.1, 0.15) is 27.0 Å². The lowest BCUT2D eigenvalue weighted by atomic mass is 9.96. The number of halogens is 1. The molecule has 2 aromatic carbocycles. The van der Waals surface area contributed by atoms with E-state index in [0.717, 1.165) is 22.9 Å². The minimum Gasteiger partial charge on any atom is -0.334 e. The van der Waals surface area contributed by atoms with E-state index < -0.39 is 5.82 Å². The maximum atomic E-state index is 13.4. The third kappa shape index (κ3) is 2.82. The lowest BCUT2D eigenvalue weighted by Crippen LogP contribution is -2.36. The Morgan fingerprint density at radius 3 is 2.80 bits per heavy atom. The van der Waals surface area contributed by atoms with Gasteiger partial charge in [-0.15, -0.1) is 0 Å². The summed E-state index contributed by atoms with van der Waals surface area (Å²) >= 11 is 0. The molecule has 5 heteroatoms. The monoisotopic (exact) mass is 336 g/mol. The van der Waals surface area contributed by atoms with Crippen molar-refractivity contribution in [2.75, 3.05) is 6.54 Å². The van der Waals surface area contributed by atoms with Crippen LogP contribution in [0.25, 0.3) is 10.9 Å². The summed E-state index contributed by atoms with van der Waals surface area (Å²) in [5.41, 5.74) is 3.91. The lowest BCUT2D eigenvalue weighted by Gasteiger charge is -2.29. The van der Waals surface area contributed by atoms with Crippen LogP contribution in [0.2, 0.25) is 0 Å². The number of fused-ring (bicyclic) bond motifs is 2. The van der Waals surface area contributed by atoms with E-state index in [4.69, 9.17) is 0 Å². The Morgan fingerprint density at radius 1 is 1.16 bits per heavy atom. The fourth-order valence-corrected chi connectivity index (χ4v) is 3.35. The Labute approximate surface area is 143 Å². The number of nitrogens with zero attached hydrogens (tertiary/aromatic N) is 1. The van der Waals surface area contributed by atoms with E-state index in [9.17, 15) is 14.0 Å².